The fraction of sp³-hybridized carbons (Fsp3) is 0.409. The van der Waals surface area contributed by atoms with Crippen LogP contribution in [0.15, 0.2) is 41.6 Å². The summed E-state index contributed by atoms with van der Waals surface area (Å²) in [7, 11) is 0. The van der Waals surface area contributed by atoms with Crippen LogP contribution in [-0.4, -0.2) is 43.8 Å². The number of H-pyrrole nitrogens is 1. The van der Waals surface area contributed by atoms with E-state index in [0.29, 0.717) is 30.0 Å². The van der Waals surface area contributed by atoms with Crippen LogP contribution in [0.2, 0.25) is 0 Å². The maximum Gasteiger partial charge on any atom is 0.274 e. The summed E-state index contributed by atoms with van der Waals surface area (Å²) < 4.78 is 0. The molecule has 0 radical (unpaired) electrons. The van der Waals surface area contributed by atoms with Gasteiger partial charge in [-0.1, -0.05) is 26.8 Å². The van der Waals surface area contributed by atoms with Crippen LogP contribution in [0.4, 0.5) is 0 Å². The molecule has 0 unspecified atom stereocenters. The van der Waals surface area contributed by atoms with E-state index in [1.54, 1.807) is 18.6 Å². The van der Waals surface area contributed by atoms with E-state index in [2.05, 4.69) is 19.9 Å². The van der Waals surface area contributed by atoms with Crippen LogP contribution in [-0.2, 0) is 5.41 Å². The highest BCUT2D eigenvalue weighted by molar-refractivity contribution is 5.93. The van der Waals surface area contributed by atoms with Gasteiger partial charge in [-0.15, -0.1) is 0 Å². The van der Waals surface area contributed by atoms with Gasteiger partial charge in [0.2, 0.25) is 0 Å². The van der Waals surface area contributed by atoms with Gasteiger partial charge in [0.15, 0.2) is 0 Å². The van der Waals surface area contributed by atoms with Crippen LogP contribution in [0.5, 0.6) is 0 Å². The summed E-state index contributed by atoms with van der Waals surface area (Å²) in [5.74, 6) is 0.729. The van der Waals surface area contributed by atoms with Gasteiger partial charge >= 0.3 is 0 Å². The molecule has 1 saturated heterocycles. The molecule has 150 valence electrons. The third-order valence-electron chi connectivity index (χ3n) is 5.34. The molecule has 1 atom stereocenters. The Labute approximate surface area is 169 Å². The summed E-state index contributed by atoms with van der Waals surface area (Å²) in [6, 6.07) is 5.69. The Kier molecular flexibility index (Phi) is 4.90. The molecular formula is C22H25N5O2. The lowest BCUT2D eigenvalue weighted by molar-refractivity contribution is 0.0705. The number of carbonyl (C=O) groups excluding carboxylic acids is 1. The number of carbonyl (C=O) groups is 1. The fourth-order valence-electron chi connectivity index (χ4n) is 3.76. The third kappa shape index (κ3) is 3.90. The molecule has 0 saturated carbocycles. The van der Waals surface area contributed by atoms with Gasteiger partial charge in [0, 0.05) is 54.1 Å². The molecule has 0 bridgehead atoms. The summed E-state index contributed by atoms with van der Waals surface area (Å²) in [4.78, 5) is 43.1. The smallest absolute Gasteiger partial charge is 0.274 e. The van der Waals surface area contributed by atoms with E-state index >= 15 is 0 Å². The van der Waals surface area contributed by atoms with Crippen molar-refractivity contribution in [1.29, 1.82) is 0 Å². The first-order chi connectivity index (χ1) is 13.8. The maximum atomic E-state index is 13.0. The normalized spacial score (nSPS) is 17.5. The second-order valence-corrected chi connectivity index (χ2v) is 8.63. The number of hydrogen-bond donors (Lipinski definition) is 1. The molecule has 3 aromatic rings. The van der Waals surface area contributed by atoms with Crippen molar-refractivity contribution in [2.45, 2.75) is 44.9 Å². The molecule has 4 heterocycles. The van der Waals surface area contributed by atoms with Gasteiger partial charge in [-0.25, -0.2) is 9.97 Å². The molecule has 1 amide bonds. The highest BCUT2D eigenvalue weighted by Crippen LogP contribution is 2.27. The molecule has 1 aliphatic rings. The minimum absolute atomic E-state index is 0.0695. The van der Waals surface area contributed by atoms with Crippen molar-refractivity contribution in [3.63, 3.8) is 0 Å². The first-order valence-corrected chi connectivity index (χ1v) is 9.92. The second-order valence-electron chi connectivity index (χ2n) is 8.63. The van der Waals surface area contributed by atoms with Gasteiger partial charge in [-0.05, 0) is 25.0 Å². The lowest BCUT2D eigenvalue weighted by Gasteiger charge is -2.32. The van der Waals surface area contributed by atoms with Gasteiger partial charge in [-0.3, -0.25) is 14.6 Å². The molecule has 0 aromatic carbocycles. The SMILES string of the molecule is CC(C)(C)c1ncc(C(=O)N2CCC[C@@H](c3cc4cccnc4c(=O)[nH]3)C2)cn1. The Balaban J connectivity index is 1.55. The van der Waals surface area contributed by atoms with Crippen molar-refractivity contribution in [3.05, 3.63) is 64.2 Å². The standard InChI is InChI=1S/C22H25N5O2/c1-22(2,3)21-24-11-16(12-25-21)20(29)27-9-5-7-15(13-27)17-10-14-6-4-8-23-18(14)19(28)26-17/h4,6,8,10-12,15H,5,7,9,13H2,1-3H3,(H,26,28)/t15-/m1/s1. The molecule has 3 aromatic heterocycles. The third-order valence-corrected chi connectivity index (χ3v) is 5.34. The topological polar surface area (TPSA) is 91.8 Å². The second kappa shape index (κ2) is 7.39. The average Bonchev–Trinajstić information content (AvgIpc) is 2.73. The van der Waals surface area contributed by atoms with Crippen LogP contribution in [0.3, 0.4) is 0 Å². The number of pyridine rings is 2. The fourth-order valence-corrected chi connectivity index (χ4v) is 3.76. The first-order valence-electron chi connectivity index (χ1n) is 9.92. The van der Waals surface area contributed by atoms with Gasteiger partial charge in [0.25, 0.3) is 11.5 Å². The van der Waals surface area contributed by atoms with Crippen molar-refractivity contribution in [2.75, 3.05) is 13.1 Å². The van der Waals surface area contributed by atoms with E-state index in [1.165, 1.54) is 0 Å². The maximum absolute atomic E-state index is 13.0. The zero-order chi connectivity index (χ0) is 20.6. The van der Waals surface area contributed by atoms with Crippen LogP contribution in [0.25, 0.3) is 10.9 Å². The summed E-state index contributed by atoms with van der Waals surface area (Å²) in [6.45, 7) is 7.37. The number of nitrogens with one attached hydrogen (secondary N) is 1. The number of aromatic nitrogens is 4. The number of fused-ring (bicyclic) bond motifs is 1. The van der Waals surface area contributed by atoms with E-state index in [9.17, 15) is 9.59 Å². The number of rotatable bonds is 2. The predicted molar refractivity (Wildman–Crippen MR) is 111 cm³/mol. The quantitative estimate of drug-likeness (QED) is 0.725. The number of nitrogens with zero attached hydrogens (tertiary/aromatic N) is 4. The van der Waals surface area contributed by atoms with Gasteiger partial charge in [0.05, 0.1) is 5.56 Å². The Morgan fingerprint density at radius 2 is 1.97 bits per heavy atom. The first kappa shape index (κ1) is 19.2. The van der Waals surface area contributed by atoms with Crippen LogP contribution in [0, 0.1) is 0 Å². The minimum atomic E-state index is -0.187. The Morgan fingerprint density at radius 3 is 2.69 bits per heavy atom. The van der Waals surface area contributed by atoms with Crippen molar-refractivity contribution in [2.24, 2.45) is 0 Å². The van der Waals surface area contributed by atoms with Crippen molar-refractivity contribution >= 4 is 16.8 Å². The number of piperidine rings is 1. The van der Waals surface area contributed by atoms with E-state index in [4.69, 9.17) is 0 Å². The number of amides is 1. The lowest BCUT2D eigenvalue weighted by Crippen LogP contribution is -2.39. The average molecular weight is 391 g/mol. The molecule has 1 fully saturated rings. The highest BCUT2D eigenvalue weighted by Gasteiger charge is 2.27. The number of aromatic amines is 1. The molecule has 29 heavy (non-hydrogen) atoms. The summed E-state index contributed by atoms with van der Waals surface area (Å²) >= 11 is 0. The van der Waals surface area contributed by atoms with Gasteiger partial charge in [-0.2, -0.15) is 0 Å². The lowest BCUT2D eigenvalue weighted by atomic mass is 9.93. The molecule has 1 N–H and O–H groups in total. The summed E-state index contributed by atoms with van der Waals surface area (Å²) in [5.41, 5.74) is 1.44. The van der Waals surface area contributed by atoms with Crippen molar-refractivity contribution < 1.29 is 4.79 Å². The zero-order valence-electron chi connectivity index (χ0n) is 17.0. The van der Waals surface area contributed by atoms with Crippen LogP contribution < -0.4 is 5.56 Å². The van der Waals surface area contributed by atoms with Crippen molar-refractivity contribution in [3.8, 4) is 0 Å². The molecular weight excluding hydrogens is 366 g/mol. The van der Waals surface area contributed by atoms with Crippen LogP contribution >= 0.6 is 0 Å². The van der Waals surface area contributed by atoms with E-state index in [1.807, 2.05) is 43.9 Å². The largest absolute Gasteiger partial charge is 0.338 e. The zero-order valence-corrected chi connectivity index (χ0v) is 17.0. The van der Waals surface area contributed by atoms with E-state index in [-0.39, 0.29) is 22.8 Å². The molecule has 7 heteroatoms. The van der Waals surface area contributed by atoms with Gasteiger partial charge in [0.1, 0.15) is 11.3 Å². The van der Waals surface area contributed by atoms with E-state index in [0.717, 1.165) is 23.9 Å². The predicted octanol–water partition coefficient (Wildman–Crippen LogP) is 3.03. The van der Waals surface area contributed by atoms with E-state index < -0.39 is 0 Å². The molecule has 0 aliphatic carbocycles. The molecule has 0 spiro atoms. The number of likely N-dealkylation sites (tertiary alicyclic amines) is 1. The number of hydrogen-bond acceptors (Lipinski definition) is 5. The monoisotopic (exact) mass is 391 g/mol. The van der Waals surface area contributed by atoms with Gasteiger partial charge < -0.3 is 9.88 Å². The molecule has 1 aliphatic heterocycles. The Bertz CT molecular complexity index is 1100. The van der Waals surface area contributed by atoms with Crippen LogP contribution in [0.1, 0.15) is 61.4 Å². The Morgan fingerprint density at radius 1 is 1.21 bits per heavy atom. The molecule has 7 nitrogen and oxygen atoms in total. The van der Waals surface area contributed by atoms with Crippen molar-refractivity contribution in [1.82, 2.24) is 24.8 Å². The highest BCUT2D eigenvalue weighted by atomic mass is 16.2. The minimum Gasteiger partial charge on any atom is -0.338 e. The Hall–Kier alpha value is -3.09. The summed E-state index contributed by atoms with van der Waals surface area (Å²) in [5, 5.41) is 0.820. The molecule has 4 rings (SSSR count). The summed E-state index contributed by atoms with van der Waals surface area (Å²) in [6.07, 6.45) is 6.65.